The molecular formula is C30H44Cl2SiZr. The third-order valence-electron chi connectivity index (χ3n) is 8.96. The standard InChI is InChI=1S/2C13H15.2C2H5.2ClH.H2Si.Zr/c2*1-13(2,3)12-8-10-6-4-5-7-11(10)9-12;2*1-2;;;;/h2*4-9H,1-3H3;2*1H2,2H3;2*1H;1H2;. The second-order valence-electron chi connectivity index (χ2n) is 12.7. The summed E-state index contributed by atoms with van der Waals surface area (Å²) in [4.78, 5) is 0. The van der Waals surface area contributed by atoms with Crippen LogP contribution in [0.25, 0.3) is 12.2 Å². The Morgan fingerprint density at radius 3 is 1.26 bits per heavy atom. The van der Waals surface area contributed by atoms with Crippen LogP contribution in [0.5, 0.6) is 0 Å². The number of allylic oxidation sites excluding steroid dienone is 2. The van der Waals surface area contributed by atoms with E-state index in [9.17, 15) is 0 Å². The van der Waals surface area contributed by atoms with E-state index in [1.165, 1.54) is 19.4 Å². The molecule has 186 valence electrons. The second kappa shape index (κ2) is 9.81. The van der Waals surface area contributed by atoms with Crippen molar-refractivity contribution in [2.75, 3.05) is 0 Å². The van der Waals surface area contributed by atoms with Gasteiger partial charge in [-0.25, -0.2) is 0 Å². The molecular weight excluding hydrogens is 551 g/mol. The first-order chi connectivity index (χ1) is 14.9. The molecule has 4 heteroatoms. The molecule has 0 heterocycles. The van der Waals surface area contributed by atoms with E-state index in [0.29, 0.717) is 7.25 Å². The van der Waals surface area contributed by atoms with Crippen LogP contribution in [0.15, 0.2) is 59.7 Å². The molecule has 0 spiro atoms. The molecule has 0 radical (unpaired) electrons. The van der Waals surface area contributed by atoms with Gasteiger partial charge in [0.15, 0.2) is 0 Å². The molecule has 4 rings (SSSR count). The van der Waals surface area contributed by atoms with Crippen molar-refractivity contribution in [3.05, 3.63) is 81.9 Å². The van der Waals surface area contributed by atoms with Gasteiger partial charge in [0.1, 0.15) is 0 Å². The summed E-state index contributed by atoms with van der Waals surface area (Å²) in [6.07, 6.45) is 5.15. The predicted molar refractivity (Wildman–Crippen MR) is 157 cm³/mol. The van der Waals surface area contributed by atoms with Gasteiger partial charge in [-0.3, -0.25) is 0 Å². The van der Waals surface area contributed by atoms with Gasteiger partial charge in [-0.1, -0.05) is 0 Å². The Kier molecular flexibility index (Phi) is 8.61. The first kappa shape index (κ1) is 29.8. The van der Waals surface area contributed by atoms with Crippen LogP contribution >= 0.6 is 24.8 Å². The van der Waals surface area contributed by atoms with Gasteiger partial charge >= 0.3 is 200 Å². The summed E-state index contributed by atoms with van der Waals surface area (Å²) in [6, 6.07) is 18.7. The first-order valence-corrected chi connectivity index (χ1v) is 24.8. The van der Waals surface area contributed by atoms with Crippen LogP contribution in [0.1, 0.15) is 84.9 Å². The zero-order chi connectivity index (χ0) is 23.6. The molecule has 2 aliphatic carbocycles. The quantitative estimate of drug-likeness (QED) is 0.310. The third kappa shape index (κ3) is 4.44. The molecule has 0 nitrogen and oxygen atoms in total. The summed E-state index contributed by atoms with van der Waals surface area (Å²) >= 11 is -3.58. The van der Waals surface area contributed by atoms with Crippen molar-refractivity contribution < 1.29 is 17.4 Å². The Hall–Kier alpha value is -0.400. The minimum Gasteiger partial charge on any atom is -0.147 e. The number of rotatable bonds is 4. The molecule has 0 amide bonds. The zero-order valence-corrected chi connectivity index (χ0v) is 27.9. The molecule has 0 saturated carbocycles. The summed E-state index contributed by atoms with van der Waals surface area (Å²) in [5, 5.41) is 0. The van der Waals surface area contributed by atoms with Gasteiger partial charge < -0.3 is 0 Å². The smallest absolute Gasteiger partial charge is 0.147 e. The monoisotopic (exact) mass is 592 g/mol. The maximum atomic E-state index is 2.58. The molecule has 34 heavy (non-hydrogen) atoms. The van der Waals surface area contributed by atoms with Crippen molar-refractivity contribution in [3.63, 3.8) is 0 Å². The van der Waals surface area contributed by atoms with Gasteiger partial charge in [-0.15, -0.1) is 24.8 Å². The maximum absolute atomic E-state index is 3.58. The summed E-state index contributed by atoms with van der Waals surface area (Å²) in [5.74, 6) is 0. The number of hydrogen-bond acceptors (Lipinski definition) is 0. The van der Waals surface area contributed by atoms with E-state index in [2.05, 4.69) is 123 Å². The van der Waals surface area contributed by atoms with E-state index in [1.807, 2.05) is 0 Å². The van der Waals surface area contributed by atoms with Crippen LogP contribution in [-0.2, 0) is 17.4 Å². The Morgan fingerprint density at radius 2 is 0.971 bits per heavy atom. The van der Waals surface area contributed by atoms with Crippen molar-refractivity contribution in [1.29, 1.82) is 0 Å². The number of hydrogen-bond donors (Lipinski definition) is 0. The SMILES string of the molecule is C[CH2][Zr](=[SiH2])([CH2]C)([CH]1C(C(C)(C)C)=Cc2ccccc21)[CH]1C(C(C)(C)C)=Cc2ccccc21.Cl.Cl. The van der Waals surface area contributed by atoms with Crippen LogP contribution in [0.4, 0.5) is 0 Å². The summed E-state index contributed by atoms with van der Waals surface area (Å²) in [6.45, 7) is 22.3. The summed E-state index contributed by atoms with van der Waals surface area (Å²) in [7, 11) is 0. The predicted octanol–water partition coefficient (Wildman–Crippen LogP) is 9.31. The van der Waals surface area contributed by atoms with Crippen molar-refractivity contribution in [2.45, 2.75) is 70.9 Å². The molecule has 2 aromatic carbocycles. The molecule has 2 atom stereocenters. The average Bonchev–Trinajstić information content (AvgIpc) is 3.33. The average molecular weight is 595 g/mol. The Morgan fingerprint density at radius 1 is 0.647 bits per heavy atom. The molecule has 0 saturated heterocycles. The molecule has 2 unspecified atom stereocenters. The minimum absolute atomic E-state index is 0. The molecule has 2 aliphatic rings. The fraction of sp³-hybridized carbons (Fsp3) is 0.467. The second-order valence-corrected chi connectivity index (χ2v) is 40.3. The van der Waals surface area contributed by atoms with Crippen LogP contribution < -0.4 is 0 Å². The molecule has 0 aliphatic heterocycles. The molecule has 0 aromatic heterocycles. The number of benzene rings is 2. The maximum Gasteiger partial charge on any atom is -0.147 e. The summed E-state index contributed by atoms with van der Waals surface area (Å²) < 4.78 is 3.94. The number of halogens is 2. The fourth-order valence-electron chi connectivity index (χ4n) is 6.86. The Balaban J connectivity index is 0.00000204. The normalized spacial score (nSPS) is 19.9. The molecule has 0 fully saturated rings. The third-order valence-corrected chi connectivity index (χ3v) is 39.4. The molecule has 2 aromatic rings. The van der Waals surface area contributed by atoms with Gasteiger partial charge in [-0.05, 0) is 0 Å². The zero-order valence-electron chi connectivity index (χ0n) is 22.4. The van der Waals surface area contributed by atoms with Gasteiger partial charge in [-0.2, -0.15) is 0 Å². The first-order valence-electron chi connectivity index (χ1n) is 12.5. The van der Waals surface area contributed by atoms with Gasteiger partial charge in [0.25, 0.3) is 0 Å². The number of fused-ring (bicyclic) bond motifs is 2. The van der Waals surface area contributed by atoms with Crippen molar-refractivity contribution in [3.8, 4) is 0 Å². The molecule has 0 N–H and O–H groups in total. The van der Waals surface area contributed by atoms with Gasteiger partial charge in [0, 0.05) is 0 Å². The van der Waals surface area contributed by atoms with Crippen molar-refractivity contribution in [1.82, 2.24) is 0 Å². The largest absolute Gasteiger partial charge is 0.147 e. The van der Waals surface area contributed by atoms with E-state index in [4.69, 9.17) is 0 Å². The Labute approximate surface area is 223 Å². The Bertz CT molecular complexity index is 1100. The fourth-order valence-corrected chi connectivity index (χ4v) is 30.2. The van der Waals surface area contributed by atoms with Crippen LogP contribution in [0.3, 0.4) is 0 Å². The van der Waals surface area contributed by atoms with E-state index in [-0.39, 0.29) is 35.6 Å². The van der Waals surface area contributed by atoms with Crippen LogP contribution in [0, 0.1) is 10.8 Å². The van der Waals surface area contributed by atoms with E-state index < -0.39 is 17.4 Å². The summed E-state index contributed by atoms with van der Waals surface area (Å²) in [5.41, 5.74) is 9.94. The minimum atomic E-state index is -3.58. The van der Waals surface area contributed by atoms with E-state index in [0.717, 1.165) is 0 Å². The topological polar surface area (TPSA) is 0 Å². The van der Waals surface area contributed by atoms with Gasteiger partial charge in [0.2, 0.25) is 0 Å². The van der Waals surface area contributed by atoms with Gasteiger partial charge in [0.05, 0.1) is 0 Å². The van der Waals surface area contributed by atoms with E-state index >= 15 is 0 Å². The van der Waals surface area contributed by atoms with E-state index in [1.54, 1.807) is 22.3 Å². The molecule has 0 bridgehead atoms. The van der Waals surface area contributed by atoms with Crippen LogP contribution in [0.2, 0.25) is 8.26 Å². The van der Waals surface area contributed by atoms with Crippen molar-refractivity contribution >= 4 is 43.8 Å². The van der Waals surface area contributed by atoms with Crippen molar-refractivity contribution in [2.24, 2.45) is 10.8 Å². The van der Waals surface area contributed by atoms with Crippen LogP contribution in [-0.4, -0.2) is 6.88 Å².